The Labute approximate surface area is 207 Å². The van der Waals surface area contributed by atoms with Crippen molar-refractivity contribution in [3.63, 3.8) is 0 Å². The fraction of sp³-hybridized carbons (Fsp3) is 0.444. The fourth-order valence-corrected chi connectivity index (χ4v) is 5.48. The number of amides is 1. The third-order valence-electron chi connectivity index (χ3n) is 6.80. The van der Waals surface area contributed by atoms with Crippen LogP contribution in [0.2, 0.25) is 0 Å². The second-order valence-corrected chi connectivity index (χ2v) is 9.43. The van der Waals surface area contributed by atoms with Crippen LogP contribution in [-0.4, -0.2) is 62.7 Å². The molecule has 2 fully saturated rings. The van der Waals surface area contributed by atoms with Gasteiger partial charge in [0.25, 0.3) is 0 Å². The Morgan fingerprint density at radius 3 is 2.41 bits per heavy atom. The van der Waals surface area contributed by atoms with Gasteiger partial charge in [0, 0.05) is 43.7 Å². The fourth-order valence-electron chi connectivity index (χ4n) is 5.19. The van der Waals surface area contributed by atoms with Crippen LogP contribution in [0, 0.1) is 5.92 Å². The maximum Gasteiger partial charge on any atom is 0.223 e. The van der Waals surface area contributed by atoms with Crippen LogP contribution < -0.4 is 14.2 Å². The SMILES string of the molecule is COc1cc(CN2C(=O)CC[C@@H]3CN(CC(Cl)=Cc4ccccc4)CC[C@@H]32)cc(OC)c1OC. The molecule has 0 saturated carbocycles. The van der Waals surface area contributed by atoms with Crippen LogP contribution in [0.15, 0.2) is 47.5 Å². The van der Waals surface area contributed by atoms with Gasteiger partial charge >= 0.3 is 0 Å². The first-order valence-corrected chi connectivity index (χ1v) is 12.1. The molecule has 0 aromatic heterocycles. The number of rotatable bonds is 8. The Hall–Kier alpha value is -2.70. The van der Waals surface area contributed by atoms with E-state index in [0.29, 0.717) is 36.1 Å². The van der Waals surface area contributed by atoms with Crippen LogP contribution in [0.3, 0.4) is 0 Å². The molecule has 182 valence electrons. The minimum absolute atomic E-state index is 0.213. The summed E-state index contributed by atoms with van der Waals surface area (Å²) in [5.74, 6) is 2.42. The van der Waals surface area contributed by atoms with E-state index in [9.17, 15) is 4.79 Å². The molecule has 2 saturated heterocycles. The number of methoxy groups -OCH3 is 3. The highest BCUT2D eigenvalue weighted by Gasteiger charge is 2.39. The van der Waals surface area contributed by atoms with Crippen molar-refractivity contribution >= 4 is 23.6 Å². The summed E-state index contributed by atoms with van der Waals surface area (Å²) in [6, 6.07) is 14.2. The third kappa shape index (κ3) is 5.50. The smallest absolute Gasteiger partial charge is 0.223 e. The lowest BCUT2D eigenvalue weighted by Gasteiger charge is -2.47. The zero-order chi connectivity index (χ0) is 24.1. The lowest BCUT2D eigenvalue weighted by molar-refractivity contribution is -0.141. The lowest BCUT2D eigenvalue weighted by Crippen LogP contribution is -2.55. The molecule has 2 aromatic rings. The van der Waals surface area contributed by atoms with Gasteiger partial charge in [-0.1, -0.05) is 41.9 Å². The van der Waals surface area contributed by atoms with Gasteiger partial charge in [-0.05, 0) is 48.1 Å². The van der Waals surface area contributed by atoms with Gasteiger partial charge in [-0.2, -0.15) is 0 Å². The number of carbonyl (C=O) groups excluding carboxylic acids is 1. The van der Waals surface area contributed by atoms with Crippen molar-refractivity contribution in [1.29, 1.82) is 0 Å². The van der Waals surface area contributed by atoms with E-state index in [0.717, 1.165) is 48.6 Å². The van der Waals surface area contributed by atoms with E-state index in [1.54, 1.807) is 21.3 Å². The van der Waals surface area contributed by atoms with Crippen molar-refractivity contribution in [2.45, 2.75) is 31.8 Å². The Kier molecular flexibility index (Phi) is 8.01. The summed E-state index contributed by atoms with van der Waals surface area (Å²) >= 11 is 6.59. The highest BCUT2D eigenvalue weighted by atomic mass is 35.5. The molecule has 0 N–H and O–H groups in total. The van der Waals surface area contributed by atoms with Crippen molar-refractivity contribution in [3.05, 3.63) is 58.6 Å². The van der Waals surface area contributed by atoms with Gasteiger partial charge < -0.3 is 19.1 Å². The molecular formula is C27H33ClN2O4. The number of benzene rings is 2. The number of fused-ring (bicyclic) bond motifs is 1. The van der Waals surface area contributed by atoms with Crippen LogP contribution in [0.1, 0.15) is 30.4 Å². The van der Waals surface area contributed by atoms with Crippen molar-refractivity contribution in [1.82, 2.24) is 9.80 Å². The highest BCUT2D eigenvalue weighted by Crippen LogP contribution is 2.40. The normalized spacial score (nSPS) is 21.2. The van der Waals surface area contributed by atoms with E-state index in [1.807, 2.05) is 41.3 Å². The molecule has 0 bridgehead atoms. The number of nitrogens with zero attached hydrogens (tertiary/aromatic N) is 2. The molecule has 2 aromatic carbocycles. The molecule has 4 rings (SSSR count). The first-order valence-electron chi connectivity index (χ1n) is 11.7. The van der Waals surface area contributed by atoms with Crippen LogP contribution in [0.5, 0.6) is 17.2 Å². The van der Waals surface area contributed by atoms with Gasteiger partial charge in [-0.3, -0.25) is 9.69 Å². The summed E-state index contributed by atoms with van der Waals surface area (Å²) in [4.78, 5) is 17.4. The predicted molar refractivity (Wildman–Crippen MR) is 134 cm³/mol. The average Bonchev–Trinajstić information content (AvgIpc) is 2.85. The molecule has 7 heteroatoms. The summed E-state index contributed by atoms with van der Waals surface area (Å²) in [6.45, 7) is 3.13. The monoisotopic (exact) mass is 484 g/mol. The van der Waals surface area contributed by atoms with E-state index >= 15 is 0 Å². The first kappa shape index (κ1) is 24.4. The van der Waals surface area contributed by atoms with Gasteiger partial charge in [-0.25, -0.2) is 0 Å². The number of hydrogen-bond acceptors (Lipinski definition) is 5. The molecule has 34 heavy (non-hydrogen) atoms. The Balaban J connectivity index is 1.45. The standard InChI is InChI=1S/C27H33ClN2O4/c1-32-24-14-20(15-25(33-2)27(24)34-3)16-30-23-11-12-29(17-21(23)9-10-26(30)31)18-22(28)13-19-7-5-4-6-8-19/h4-8,13-15,21,23H,9-12,16-18H2,1-3H3/t21-,23+/m1/s1. The molecule has 2 heterocycles. The van der Waals surface area contributed by atoms with Crippen molar-refractivity contribution in [2.75, 3.05) is 41.0 Å². The number of carbonyl (C=O) groups is 1. The van der Waals surface area contributed by atoms with E-state index in [2.05, 4.69) is 17.0 Å². The van der Waals surface area contributed by atoms with Crippen LogP contribution in [0.25, 0.3) is 6.08 Å². The van der Waals surface area contributed by atoms with E-state index in [-0.39, 0.29) is 11.9 Å². The van der Waals surface area contributed by atoms with E-state index in [1.165, 1.54) is 0 Å². The molecule has 2 aliphatic heterocycles. The number of hydrogen-bond donors (Lipinski definition) is 0. The van der Waals surface area contributed by atoms with Crippen LogP contribution >= 0.6 is 11.6 Å². The maximum atomic E-state index is 12.9. The van der Waals surface area contributed by atoms with Crippen LogP contribution in [-0.2, 0) is 11.3 Å². The summed E-state index contributed by atoms with van der Waals surface area (Å²) in [5, 5.41) is 0.839. The Bertz CT molecular complexity index is 1000. The molecular weight excluding hydrogens is 452 g/mol. The van der Waals surface area contributed by atoms with Crippen molar-refractivity contribution in [3.8, 4) is 17.2 Å². The van der Waals surface area contributed by atoms with Gasteiger partial charge in [0.1, 0.15) is 0 Å². The molecule has 0 aliphatic carbocycles. The van der Waals surface area contributed by atoms with Gasteiger partial charge in [-0.15, -0.1) is 0 Å². The number of halogens is 1. The molecule has 6 nitrogen and oxygen atoms in total. The lowest BCUT2D eigenvalue weighted by atomic mass is 9.83. The third-order valence-corrected chi connectivity index (χ3v) is 7.03. The molecule has 2 atom stereocenters. The van der Waals surface area contributed by atoms with E-state index in [4.69, 9.17) is 25.8 Å². The largest absolute Gasteiger partial charge is 0.493 e. The topological polar surface area (TPSA) is 51.2 Å². The molecule has 0 spiro atoms. The minimum Gasteiger partial charge on any atom is -0.493 e. The van der Waals surface area contributed by atoms with Crippen molar-refractivity contribution in [2.24, 2.45) is 5.92 Å². The summed E-state index contributed by atoms with van der Waals surface area (Å²) in [5.41, 5.74) is 2.09. The maximum absolute atomic E-state index is 12.9. The van der Waals surface area contributed by atoms with Gasteiger partial charge in [0.15, 0.2) is 11.5 Å². The zero-order valence-corrected chi connectivity index (χ0v) is 20.9. The van der Waals surface area contributed by atoms with E-state index < -0.39 is 0 Å². The molecule has 0 radical (unpaired) electrons. The second-order valence-electron chi connectivity index (χ2n) is 8.95. The number of piperidine rings is 2. The number of likely N-dealkylation sites (tertiary alicyclic amines) is 2. The highest BCUT2D eigenvalue weighted by molar-refractivity contribution is 6.31. The zero-order valence-electron chi connectivity index (χ0n) is 20.1. The quantitative estimate of drug-likeness (QED) is 0.538. The minimum atomic E-state index is 0.213. The summed E-state index contributed by atoms with van der Waals surface area (Å²) in [6.07, 6.45) is 4.48. The Morgan fingerprint density at radius 2 is 1.76 bits per heavy atom. The Morgan fingerprint density at radius 1 is 1.06 bits per heavy atom. The van der Waals surface area contributed by atoms with Gasteiger partial charge in [0.2, 0.25) is 11.7 Å². The van der Waals surface area contributed by atoms with Gasteiger partial charge in [0.05, 0.1) is 21.3 Å². The molecule has 1 amide bonds. The predicted octanol–water partition coefficient (Wildman–Crippen LogP) is 4.81. The summed E-state index contributed by atoms with van der Waals surface area (Å²) in [7, 11) is 4.81. The molecule has 0 unspecified atom stereocenters. The first-order chi connectivity index (χ1) is 16.5. The van der Waals surface area contributed by atoms with Crippen LogP contribution in [0.4, 0.5) is 0 Å². The second kappa shape index (κ2) is 11.2. The average molecular weight is 485 g/mol. The molecule has 2 aliphatic rings. The summed E-state index contributed by atoms with van der Waals surface area (Å²) < 4.78 is 16.4. The van der Waals surface area contributed by atoms with Crippen molar-refractivity contribution < 1.29 is 19.0 Å². The number of ether oxygens (including phenoxy) is 3.